The summed E-state index contributed by atoms with van der Waals surface area (Å²) < 4.78 is 177. The first-order valence-electron chi connectivity index (χ1n) is 41.2. The number of aliphatic carboxylic acids is 2. The number of amides is 4. The average molecular weight is 1910 g/mol. The van der Waals surface area contributed by atoms with Crippen LogP contribution in [0, 0.1) is 79.8 Å². The number of aryl methyl sites for hydroxylation is 4. The number of nitrogens with zero attached hydrogens (tertiary/aromatic N) is 12. The number of methoxy groups -OCH3 is 2. The van der Waals surface area contributed by atoms with E-state index in [0.29, 0.717) is 52.7 Å². The largest absolute Gasteiger partial charge is 1.00 e. The van der Waals surface area contributed by atoms with Gasteiger partial charge < -0.3 is 76.2 Å². The maximum Gasteiger partial charge on any atom is 1.00 e. The standard InChI is InChI=1S/C26H20F3N5O3.C21H18F2N4O4.C20H16F2N4O4.C15H12F2N4O.C6H6FN.C6H8O4.Li/c1-34-14-15(13-31-34)21-10-18(6-9-30-21)37-23-12-19(28)22(11-20(23)29)33-25(36)26(7-8-26)24(35)32-17-4-2-16(27)3-5-17;1-27-11-12(10-25-27)16-7-13(3-6-24-16)31-18-9-14(22)17(8-15(18)23)26-19(28)21(4-5-21)20(29)30-2;1-26-10-11(9-24-26)15-6-12(2-5-23-15)30-17-8-13(21)16(7-14(17)22)25-18(27)20(3-4-20)19(28)29;1-21-8-9(7-20-21)14-4-10(2-3-19-14)22-15-6-11(16)13(18)5-12(15)17;7-5-1-3-6(8)4-2-5;1-10-5(9)6(2-3-6)4(7)8;/h2-6,9-14H,7-8H2,1H3,(H,32,35)(H,33,36);3,6-11H,4-5H2,1-2H3,(H,26,28);2,5-10H,3-4H2,1H3,(H,25,27)(H,28,29);2-8H,18H2,1H3;1-4H,8H2;2-3H2,1H3,(H,7,8);/q;;;;;;+1/p-1. The van der Waals surface area contributed by atoms with Gasteiger partial charge >= 0.3 is 36.8 Å². The van der Waals surface area contributed by atoms with Crippen molar-refractivity contribution in [3.05, 3.63) is 278 Å². The van der Waals surface area contributed by atoms with E-state index in [1.807, 2.05) is 0 Å². The molecule has 0 unspecified atom stereocenters. The van der Waals surface area contributed by atoms with Gasteiger partial charge in [0.2, 0.25) is 23.6 Å². The summed E-state index contributed by atoms with van der Waals surface area (Å²) in [7, 11) is 9.42. The molecule has 18 rings (SSSR count). The Morgan fingerprint density at radius 2 is 0.640 bits per heavy atom. The number of hydrogen-bond acceptors (Lipinski definition) is 25. The number of nitrogens with one attached hydrogen (secondary N) is 4. The zero-order chi connectivity index (χ0) is 99.2. The van der Waals surface area contributed by atoms with E-state index in [-0.39, 0.29) is 97.6 Å². The van der Waals surface area contributed by atoms with Crippen molar-refractivity contribution in [2.45, 2.75) is 51.4 Å². The summed E-state index contributed by atoms with van der Waals surface area (Å²) in [5.41, 5.74) is 9.43. The van der Waals surface area contributed by atoms with Gasteiger partial charge in [0.25, 0.3) is 0 Å². The van der Waals surface area contributed by atoms with E-state index in [4.69, 9.17) is 35.5 Å². The number of carboxylic acid groups (broad SMARTS) is 2. The fourth-order valence-electron chi connectivity index (χ4n) is 13.0. The van der Waals surface area contributed by atoms with Crippen LogP contribution in [0.15, 0.2) is 220 Å². The molecule has 34 nitrogen and oxygen atoms in total. The molecule has 4 aliphatic carbocycles. The second kappa shape index (κ2) is 43.3. The predicted octanol–water partition coefficient (Wildman–Crippen LogP) is 12.1. The molecule has 0 atom stereocenters. The average Bonchev–Trinajstić information content (AvgIpc) is 1.61. The Hall–Kier alpha value is -16.8. The van der Waals surface area contributed by atoms with Gasteiger partial charge in [0.15, 0.2) is 69.1 Å². The van der Waals surface area contributed by atoms with Gasteiger partial charge in [-0.15, -0.1) is 0 Å². The van der Waals surface area contributed by atoms with Crippen LogP contribution in [0.1, 0.15) is 51.4 Å². The summed E-state index contributed by atoms with van der Waals surface area (Å²) in [6, 6.07) is 29.6. The Labute approximate surface area is 793 Å². The van der Waals surface area contributed by atoms with E-state index < -0.39 is 150 Å². The van der Waals surface area contributed by atoms with Crippen molar-refractivity contribution >= 4 is 81.6 Å². The third kappa shape index (κ3) is 24.9. The number of hydrogen-bond donors (Lipinski definition) is 7. The molecule has 6 aromatic carbocycles. The van der Waals surface area contributed by atoms with Crippen LogP contribution in [0.3, 0.4) is 0 Å². The van der Waals surface area contributed by atoms with Crippen LogP contribution >= 0.6 is 0 Å². The van der Waals surface area contributed by atoms with Crippen molar-refractivity contribution in [3.63, 3.8) is 0 Å². The maximum absolute atomic E-state index is 14.8. The summed E-state index contributed by atoms with van der Waals surface area (Å²) in [6.45, 7) is 0. The molecule has 4 amide bonds. The third-order valence-corrected chi connectivity index (χ3v) is 21.4. The normalized spacial score (nSPS) is 13.5. The molecule has 0 saturated heterocycles. The van der Waals surface area contributed by atoms with Crippen LogP contribution in [-0.4, -0.2) is 126 Å². The van der Waals surface area contributed by atoms with Crippen molar-refractivity contribution in [2.24, 2.45) is 49.9 Å². The molecule has 139 heavy (non-hydrogen) atoms. The Morgan fingerprint density at radius 1 is 0.360 bits per heavy atom. The van der Waals surface area contributed by atoms with Crippen LogP contribution in [-0.2, 0) is 76.0 Å². The smallest absolute Gasteiger partial charge is 0.549 e. The summed E-state index contributed by atoms with van der Waals surface area (Å²) in [4.78, 5) is 111. The summed E-state index contributed by atoms with van der Waals surface area (Å²) >= 11 is 0. The molecule has 0 spiro atoms. The topological polar surface area (TPSA) is 458 Å². The van der Waals surface area contributed by atoms with Crippen molar-refractivity contribution in [1.29, 1.82) is 0 Å². The molecule has 4 aliphatic rings. The van der Waals surface area contributed by atoms with Crippen LogP contribution < -0.4 is 75.6 Å². The second-order valence-electron chi connectivity index (χ2n) is 31.4. The van der Waals surface area contributed by atoms with E-state index in [9.17, 15) is 87.4 Å². The number of pyridine rings is 4. The number of benzene rings is 6. The number of nitrogens with two attached hydrogens (primary N) is 2. The predicted molar refractivity (Wildman–Crippen MR) is 471 cm³/mol. The van der Waals surface area contributed by atoms with E-state index in [2.05, 4.69) is 71.1 Å². The number of anilines is 6. The van der Waals surface area contributed by atoms with Crippen molar-refractivity contribution in [2.75, 3.05) is 47.0 Å². The van der Waals surface area contributed by atoms with Crippen LogP contribution in [0.2, 0.25) is 0 Å². The molecule has 8 aromatic heterocycles. The number of nitrogen functional groups attached to an aromatic ring is 2. The van der Waals surface area contributed by atoms with E-state index in [1.165, 1.54) is 106 Å². The van der Waals surface area contributed by atoms with Gasteiger partial charge in [0.05, 0.1) is 95.9 Å². The SMILES string of the molecule is COC(=O)C1(C(=O)Nc2cc(F)c(Oc3ccnc(-c4cnn(C)c4)c3)cc2F)CC1.COC(=O)C1(C(=O)O)CC1.Cn1cc(-c2cc(Oc3cc(F)c(N)cc3F)ccn2)cn1.Cn1cc(-c2cc(Oc3cc(F)c(NC(=O)C4(C(=O)Nc5ccc(F)cc5)CC4)cc3F)ccn2)cn1.Cn1cc(-c2cc(Oc3cc(F)c(NC(=O)C4(C(=O)[O-])CC4)cc3F)ccn2)cn1.Nc1ccc(F)cc1.[Li+]. The van der Waals surface area contributed by atoms with E-state index in [1.54, 1.807) is 127 Å². The minimum Gasteiger partial charge on any atom is -0.549 e. The second-order valence-corrected chi connectivity index (χ2v) is 31.4. The molecule has 45 heteroatoms. The molecule has 8 heterocycles. The minimum atomic E-state index is -1.68. The minimum absolute atomic E-state index is 0. The van der Waals surface area contributed by atoms with Gasteiger partial charge in [0.1, 0.15) is 51.3 Å². The molecule has 4 saturated carbocycles. The molecule has 9 N–H and O–H groups in total. The number of aromatic nitrogens is 12. The number of ether oxygens (including phenoxy) is 6. The zero-order valence-electron chi connectivity index (χ0n) is 74.3. The van der Waals surface area contributed by atoms with Crippen molar-refractivity contribution in [3.8, 4) is 91.0 Å². The molecular weight excluding hydrogens is 1830 g/mol. The van der Waals surface area contributed by atoms with Gasteiger partial charge in [-0.25, -0.2) is 43.9 Å². The number of rotatable bonds is 24. The van der Waals surface area contributed by atoms with Crippen molar-refractivity contribution < 1.29 is 140 Å². The molecule has 4 fully saturated rings. The Morgan fingerprint density at radius 3 is 0.914 bits per heavy atom. The quantitative estimate of drug-likeness (QED) is 0.00971. The van der Waals surface area contributed by atoms with Crippen LogP contribution in [0.25, 0.3) is 45.0 Å². The fraction of sp³-hybridized carbons (Fsp3) is 0.191. The number of carboxylic acids is 2. The van der Waals surface area contributed by atoms with Crippen LogP contribution in [0.5, 0.6) is 46.0 Å². The first-order chi connectivity index (χ1) is 65.8. The zero-order valence-corrected chi connectivity index (χ0v) is 74.3. The summed E-state index contributed by atoms with van der Waals surface area (Å²) in [6.07, 6.45) is 21.5. The first kappa shape index (κ1) is 101. The molecule has 712 valence electrons. The fourth-order valence-corrected chi connectivity index (χ4v) is 13.0. The third-order valence-electron chi connectivity index (χ3n) is 21.4. The summed E-state index contributed by atoms with van der Waals surface area (Å²) in [5, 5.41) is 45.1. The molecule has 14 aromatic rings. The number of carbonyl (C=O) groups excluding carboxylic acids is 7. The maximum atomic E-state index is 14.8. The van der Waals surface area contributed by atoms with E-state index >= 15 is 0 Å². The number of carbonyl (C=O) groups is 8. The molecule has 0 bridgehead atoms. The van der Waals surface area contributed by atoms with Crippen LogP contribution in [0.4, 0.5) is 78.0 Å². The molecule has 0 aliphatic heterocycles. The summed E-state index contributed by atoms with van der Waals surface area (Å²) in [5.74, 6) is -15.2. The van der Waals surface area contributed by atoms with Crippen molar-refractivity contribution in [1.82, 2.24) is 59.1 Å². The van der Waals surface area contributed by atoms with Gasteiger partial charge in [-0.2, -0.15) is 20.4 Å². The number of esters is 2. The van der Waals surface area contributed by atoms with Gasteiger partial charge in [-0.05, 0) is 124 Å². The van der Waals surface area contributed by atoms with Gasteiger partial charge in [-0.1, -0.05) is 0 Å². The number of halogens is 10. The van der Waals surface area contributed by atoms with Gasteiger partial charge in [0, 0.05) is 184 Å². The molecular formula is C94H79F10LiN18O16. The van der Waals surface area contributed by atoms with E-state index in [0.717, 1.165) is 70.8 Å². The molecule has 0 radical (unpaired) electrons. The first-order valence-corrected chi connectivity index (χ1v) is 41.2. The Balaban J connectivity index is 0.000000157. The van der Waals surface area contributed by atoms with Gasteiger partial charge in [-0.3, -0.25) is 72.2 Å². The Kier molecular flexibility index (Phi) is 31.5. The Bertz CT molecular complexity index is 6940. The monoisotopic (exact) mass is 1910 g/mol.